The van der Waals surface area contributed by atoms with Gasteiger partial charge in [0.05, 0.1) is 17.1 Å². The fourth-order valence-corrected chi connectivity index (χ4v) is 2.39. The molecule has 1 aliphatic rings. The van der Waals surface area contributed by atoms with Crippen molar-refractivity contribution in [3.63, 3.8) is 0 Å². The fraction of sp³-hybridized carbons (Fsp3) is 0.250. The van der Waals surface area contributed by atoms with Crippen LogP contribution >= 0.6 is 27.5 Å². The van der Waals surface area contributed by atoms with Crippen LogP contribution in [0.25, 0.3) is 0 Å². The number of H-pyrrole nitrogens is 1. The van der Waals surface area contributed by atoms with E-state index in [2.05, 4.69) is 36.4 Å². The lowest BCUT2D eigenvalue weighted by atomic mass is 10.2. The third kappa shape index (κ3) is 2.51. The first-order chi connectivity index (χ1) is 9.56. The molecule has 0 saturated heterocycles. The molecule has 2 aromatic rings. The molecule has 2 heterocycles. The van der Waals surface area contributed by atoms with Gasteiger partial charge in [0.1, 0.15) is 0 Å². The van der Waals surface area contributed by atoms with Gasteiger partial charge < -0.3 is 11.1 Å². The van der Waals surface area contributed by atoms with E-state index < -0.39 is 5.91 Å². The first kappa shape index (κ1) is 13.4. The van der Waals surface area contributed by atoms with Crippen LogP contribution in [0, 0.1) is 0 Å². The van der Waals surface area contributed by atoms with Crippen LogP contribution in [-0.2, 0) is 0 Å². The minimum absolute atomic E-state index is 0.183. The van der Waals surface area contributed by atoms with E-state index in [1.807, 2.05) is 0 Å². The van der Waals surface area contributed by atoms with Gasteiger partial charge in [-0.3, -0.25) is 9.89 Å². The number of halogens is 2. The quantitative estimate of drug-likeness (QED) is 0.737. The molecule has 0 atom stereocenters. The topological polar surface area (TPSA) is 96.7 Å². The molecule has 104 valence electrons. The molecule has 0 aromatic carbocycles. The maximum atomic E-state index is 12.2. The largest absolute Gasteiger partial charge is 0.395 e. The Kier molecular flexibility index (Phi) is 3.39. The van der Waals surface area contributed by atoms with Crippen molar-refractivity contribution in [3.8, 4) is 0 Å². The van der Waals surface area contributed by atoms with Crippen LogP contribution in [0.15, 0.2) is 16.7 Å². The number of rotatable bonds is 3. The monoisotopic (exact) mass is 355 g/mol. The second-order valence-corrected chi connectivity index (χ2v) is 5.89. The number of hydrogen-bond donors (Lipinski definition) is 3. The van der Waals surface area contributed by atoms with Crippen molar-refractivity contribution in [1.82, 2.24) is 15.2 Å². The maximum Gasteiger partial charge on any atom is 0.278 e. The summed E-state index contributed by atoms with van der Waals surface area (Å²) >= 11 is 9.20. The van der Waals surface area contributed by atoms with Crippen molar-refractivity contribution in [1.29, 1.82) is 0 Å². The van der Waals surface area contributed by atoms with Crippen molar-refractivity contribution in [2.24, 2.45) is 0 Å². The van der Waals surface area contributed by atoms with Gasteiger partial charge in [-0.1, -0.05) is 11.6 Å². The number of aromatic amines is 1. The molecule has 0 radical (unpaired) electrons. The van der Waals surface area contributed by atoms with Crippen molar-refractivity contribution in [2.45, 2.75) is 18.8 Å². The molecule has 0 bridgehead atoms. The van der Waals surface area contributed by atoms with Crippen LogP contribution in [0.4, 0.5) is 11.4 Å². The Balaban J connectivity index is 1.84. The molecule has 6 nitrogen and oxygen atoms in total. The van der Waals surface area contributed by atoms with Crippen LogP contribution < -0.4 is 11.1 Å². The van der Waals surface area contributed by atoms with Gasteiger partial charge in [0, 0.05) is 16.6 Å². The zero-order valence-corrected chi connectivity index (χ0v) is 12.6. The first-order valence-electron chi connectivity index (χ1n) is 6.02. The number of carbonyl (C=O) groups is 1. The number of amides is 1. The number of nitrogens with two attached hydrogens (primary N) is 1. The zero-order valence-electron chi connectivity index (χ0n) is 10.3. The number of carbonyl (C=O) groups excluding carboxylic acids is 1. The molecule has 1 aliphatic carbocycles. The summed E-state index contributed by atoms with van der Waals surface area (Å²) in [6.45, 7) is 0. The van der Waals surface area contributed by atoms with Gasteiger partial charge in [0.15, 0.2) is 10.8 Å². The Morgan fingerprint density at radius 2 is 2.30 bits per heavy atom. The average Bonchev–Trinajstić information content (AvgIpc) is 3.17. The molecule has 8 heteroatoms. The summed E-state index contributed by atoms with van der Waals surface area (Å²) in [7, 11) is 0. The number of aromatic nitrogens is 3. The lowest BCUT2D eigenvalue weighted by molar-refractivity contribution is 0.102. The fourth-order valence-electron chi connectivity index (χ4n) is 1.91. The van der Waals surface area contributed by atoms with Crippen LogP contribution in [-0.4, -0.2) is 21.1 Å². The Morgan fingerprint density at radius 3 is 3.00 bits per heavy atom. The summed E-state index contributed by atoms with van der Waals surface area (Å²) in [5, 5.41) is 9.68. The lowest BCUT2D eigenvalue weighted by Gasteiger charge is -2.06. The third-order valence-corrected chi connectivity index (χ3v) is 3.82. The molecule has 0 unspecified atom stereocenters. The summed E-state index contributed by atoms with van der Waals surface area (Å²) in [5.41, 5.74) is 7.79. The number of hydrogen-bond acceptors (Lipinski definition) is 4. The number of pyridine rings is 1. The van der Waals surface area contributed by atoms with E-state index in [1.165, 1.54) is 0 Å². The predicted molar refractivity (Wildman–Crippen MR) is 79.9 cm³/mol. The predicted octanol–water partition coefficient (Wildman–Crippen LogP) is 2.93. The zero-order chi connectivity index (χ0) is 14.3. The number of anilines is 2. The minimum atomic E-state index is -0.410. The second-order valence-electron chi connectivity index (χ2n) is 4.62. The van der Waals surface area contributed by atoms with Crippen molar-refractivity contribution in [2.75, 3.05) is 11.1 Å². The van der Waals surface area contributed by atoms with E-state index in [1.54, 1.807) is 12.3 Å². The summed E-state index contributed by atoms with van der Waals surface area (Å²) in [5.74, 6) is -0.00683. The molecule has 0 spiro atoms. The standard InChI is InChI=1S/C12H11BrClN5O/c13-6-3-7(11(14)16-4-6)17-12(20)10-8(15)9(18-19-10)5-1-2-5/h3-5H,1-2,15H2,(H,17,20)(H,18,19). The molecule has 4 N–H and O–H groups in total. The molecule has 2 aromatic heterocycles. The lowest BCUT2D eigenvalue weighted by Crippen LogP contribution is -2.15. The molecule has 20 heavy (non-hydrogen) atoms. The van der Waals surface area contributed by atoms with Gasteiger partial charge in [-0.2, -0.15) is 5.10 Å². The van der Waals surface area contributed by atoms with Crippen molar-refractivity contribution >= 4 is 44.8 Å². The normalized spacial score (nSPS) is 14.3. The summed E-state index contributed by atoms with van der Waals surface area (Å²) in [4.78, 5) is 16.1. The number of nitrogen functional groups attached to an aromatic ring is 1. The van der Waals surface area contributed by atoms with Crippen LogP contribution in [0.3, 0.4) is 0 Å². The molecular formula is C12H11BrClN5O. The van der Waals surface area contributed by atoms with E-state index in [-0.39, 0.29) is 10.8 Å². The Hall–Kier alpha value is -1.60. The van der Waals surface area contributed by atoms with Gasteiger partial charge >= 0.3 is 0 Å². The van der Waals surface area contributed by atoms with Crippen LogP contribution in [0.2, 0.25) is 5.15 Å². The molecule has 1 fully saturated rings. The molecule has 3 rings (SSSR count). The van der Waals surface area contributed by atoms with Gasteiger partial charge in [-0.25, -0.2) is 4.98 Å². The summed E-state index contributed by atoms with van der Waals surface area (Å²) < 4.78 is 0.714. The Labute approximate surface area is 128 Å². The van der Waals surface area contributed by atoms with Crippen molar-refractivity contribution < 1.29 is 4.79 Å². The average molecular weight is 357 g/mol. The highest BCUT2D eigenvalue weighted by Crippen LogP contribution is 2.42. The van der Waals surface area contributed by atoms with E-state index >= 15 is 0 Å². The highest BCUT2D eigenvalue weighted by molar-refractivity contribution is 9.10. The van der Waals surface area contributed by atoms with E-state index in [0.29, 0.717) is 21.8 Å². The maximum absolute atomic E-state index is 12.2. The van der Waals surface area contributed by atoms with Gasteiger partial charge in [-0.15, -0.1) is 0 Å². The second kappa shape index (κ2) is 5.06. The van der Waals surface area contributed by atoms with E-state index in [4.69, 9.17) is 17.3 Å². The van der Waals surface area contributed by atoms with Gasteiger partial charge in [0.2, 0.25) is 0 Å². The summed E-state index contributed by atoms with van der Waals surface area (Å²) in [6, 6.07) is 1.66. The Bertz CT molecular complexity index is 682. The SMILES string of the molecule is Nc1c(C(=O)Nc2cc(Br)cnc2Cl)n[nH]c1C1CC1. The van der Waals surface area contributed by atoms with E-state index in [9.17, 15) is 4.79 Å². The Morgan fingerprint density at radius 1 is 1.55 bits per heavy atom. The van der Waals surface area contributed by atoms with Crippen molar-refractivity contribution in [3.05, 3.63) is 33.3 Å². The molecule has 0 aliphatic heterocycles. The van der Waals surface area contributed by atoms with Crippen LogP contribution in [0.5, 0.6) is 0 Å². The minimum Gasteiger partial charge on any atom is -0.395 e. The highest BCUT2D eigenvalue weighted by atomic mass is 79.9. The highest BCUT2D eigenvalue weighted by Gasteiger charge is 2.30. The first-order valence-corrected chi connectivity index (χ1v) is 7.19. The third-order valence-electron chi connectivity index (χ3n) is 3.09. The van der Waals surface area contributed by atoms with Gasteiger partial charge in [0.25, 0.3) is 5.91 Å². The summed E-state index contributed by atoms with van der Waals surface area (Å²) in [6.07, 6.45) is 3.70. The molecular weight excluding hydrogens is 346 g/mol. The molecule has 1 saturated carbocycles. The van der Waals surface area contributed by atoms with Crippen LogP contribution in [0.1, 0.15) is 34.9 Å². The van der Waals surface area contributed by atoms with E-state index in [0.717, 1.165) is 18.5 Å². The van der Waals surface area contributed by atoms with Gasteiger partial charge in [-0.05, 0) is 34.8 Å². The number of nitrogens with one attached hydrogen (secondary N) is 2. The molecule has 1 amide bonds. The number of nitrogens with zero attached hydrogens (tertiary/aromatic N) is 2. The smallest absolute Gasteiger partial charge is 0.278 e.